The van der Waals surface area contributed by atoms with E-state index < -0.39 is 5.97 Å². The standard InChI is InChI=1S/C21H19NO2/c1-14(2)15-6-8-16(9-7-15)20-13-18(10-11-22-20)17-4-3-5-19(12-17)21(23)24/h3-14H,1-2H3,(H,23,24). The smallest absolute Gasteiger partial charge is 0.335 e. The first-order chi connectivity index (χ1) is 11.5. The Morgan fingerprint density at radius 3 is 2.29 bits per heavy atom. The number of rotatable bonds is 4. The third-order valence-corrected chi connectivity index (χ3v) is 4.08. The Balaban J connectivity index is 1.97. The molecule has 0 unspecified atom stereocenters. The number of carbonyl (C=O) groups is 1. The third-order valence-electron chi connectivity index (χ3n) is 4.08. The van der Waals surface area contributed by atoms with Crippen molar-refractivity contribution in [1.82, 2.24) is 4.98 Å². The minimum Gasteiger partial charge on any atom is -0.478 e. The lowest BCUT2D eigenvalue weighted by Gasteiger charge is -2.08. The number of carboxylic acid groups (broad SMARTS) is 1. The Morgan fingerprint density at radius 1 is 0.917 bits per heavy atom. The van der Waals surface area contributed by atoms with E-state index in [0.717, 1.165) is 22.4 Å². The van der Waals surface area contributed by atoms with Gasteiger partial charge in [-0.15, -0.1) is 0 Å². The predicted molar refractivity (Wildman–Crippen MR) is 96.2 cm³/mol. The molecule has 3 nitrogen and oxygen atoms in total. The van der Waals surface area contributed by atoms with Crippen LogP contribution in [0.2, 0.25) is 0 Å². The van der Waals surface area contributed by atoms with Crippen molar-refractivity contribution in [3.63, 3.8) is 0 Å². The first kappa shape index (κ1) is 15.9. The number of aromatic carboxylic acids is 1. The van der Waals surface area contributed by atoms with Crippen LogP contribution in [-0.2, 0) is 0 Å². The zero-order chi connectivity index (χ0) is 17.1. The largest absolute Gasteiger partial charge is 0.478 e. The number of hydrogen-bond donors (Lipinski definition) is 1. The summed E-state index contributed by atoms with van der Waals surface area (Å²) in [4.78, 5) is 15.6. The topological polar surface area (TPSA) is 50.2 Å². The zero-order valence-corrected chi connectivity index (χ0v) is 13.7. The van der Waals surface area contributed by atoms with Crippen LogP contribution < -0.4 is 0 Å². The maximum Gasteiger partial charge on any atom is 0.335 e. The van der Waals surface area contributed by atoms with E-state index in [2.05, 4.69) is 43.1 Å². The molecule has 3 aromatic rings. The van der Waals surface area contributed by atoms with E-state index in [0.29, 0.717) is 5.92 Å². The van der Waals surface area contributed by atoms with Gasteiger partial charge in [0.1, 0.15) is 0 Å². The van der Waals surface area contributed by atoms with E-state index in [1.165, 1.54) is 5.56 Å². The van der Waals surface area contributed by atoms with Gasteiger partial charge in [-0.05, 0) is 46.9 Å². The summed E-state index contributed by atoms with van der Waals surface area (Å²) in [5.74, 6) is -0.424. The van der Waals surface area contributed by atoms with Crippen molar-refractivity contribution in [1.29, 1.82) is 0 Å². The molecule has 0 aliphatic heterocycles. The molecule has 2 aromatic carbocycles. The average Bonchev–Trinajstić information content (AvgIpc) is 2.62. The van der Waals surface area contributed by atoms with Gasteiger partial charge in [-0.25, -0.2) is 4.79 Å². The molecular weight excluding hydrogens is 298 g/mol. The van der Waals surface area contributed by atoms with E-state index in [1.807, 2.05) is 18.2 Å². The van der Waals surface area contributed by atoms with Gasteiger partial charge in [-0.3, -0.25) is 4.98 Å². The molecule has 1 heterocycles. The molecule has 0 atom stereocenters. The fraction of sp³-hybridized carbons (Fsp3) is 0.143. The van der Waals surface area contributed by atoms with Crippen LogP contribution in [0, 0.1) is 0 Å². The number of pyridine rings is 1. The van der Waals surface area contributed by atoms with E-state index >= 15 is 0 Å². The summed E-state index contributed by atoms with van der Waals surface area (Å²) in [6, 6.07) is 19.2. The highest BCUT2D eigenvalue weighted by atomic mass is 16.4. The van der Waals surface area contributed by atoms with Gasteiger partial charge in [0.2, 0.25) is 0 Å². The molecule has 0 fully saturated rings. The summed E-state index contributed by atoms with van der Waals surface area (Å²) in [7, 11) is 0. The zero-order valence-electron chi connectivity index (χ0n) is 13.7. The van der Waals surface area contributed by atoms with Crippen molar-refractivity contribution in [2.45, 2.75) is 19.8 Å². The summed E-state index contributed by atoms with van der Waals surface area (Å²) in [5.41, 5.74) is 5.34. The highest BCUT2D eigenvalue weighted by Crippen LogP contribution is 2.26. The SMILES string of the molecule is CC(C)c1ccc(-c2cc(-c3cccc(C(=O)O)c3)ccn2)cc1. The Kier molecular flexibility index (Phi) is 4.43. The van der Waals surface area contributed by atoms with Crippen LogP contribution in [0.25, 0.3) is 22.4 Å². The Morgan fingerprint density at radius 2 is 1.62 bits per heavy atom. The lowest BCUT2D eigenvalue weighted by molar-refractivity contribution is 0.0697. The number of aromatic nitrogens is 1. The average molecular weight is 317 g/mol. The second kappa shape index (κ2) is 6.67. The fourth-order valence-electron chi connectivity index (χ4n) is 2.64. The Hall–Kier alpha value is -2.94. The van der Waals surface area contributed by atoms with Gasteiger partial charge in [0.15, 0.2) is 0 Å². The van der Waals surface area contributed by atoms with Crippen LogP contribution in [0.1, 0.15) is 35.7 Å². The molecule has 24 heavy (non-hydrogen) atoms. The lowest BCUT2D eigenvalue weighted by atomic mass is 9.99. The number of hydrogen-bond acceptors (Lipinski definition) is 2. The third kappa shape index (κ3) is 3.35. The summed E-state index contributed by atoms with van der Waals surface area (Å²) < 4.78 is 0. The summed E-state index contributed by atoms with van der Waals surface area (Å²) in [6.07, 6.45) is 1.76. The molecule has 1 N–H and O–H groups in total. The quantitative estimate of drug-likeness (QED) is 0.716. The molecule has 0 aliphatic carbocycles. The van der Waals surface area contributed by atoms with Crippen molar-refractivity contribution in [3.8, 4) is 22.4 Å². The van der Waals surface area contributed by atoms with Gasteiger partial charge in [0.25, 0.3) is 0 Å². The van der Waals surface area contributed by atoms with E-state index in [4.69, 9.17) is 5.11 Å². The highest BCUT2D eigenvalue weighted by molar-refractivity contribution is 5.89. The summed E-state index contributed by atoms with van der Waals surface area (Å²) in [6.45, 7) is 4.34. The van der Waals surface area contributed by atoms with Crippen LogP contribution in [-0.4, -0.2) is 16.1 Å². The Labute approximate surface area is 141 Å². The van der Waals surface area contributed by atoms with E-state index in [1.54, 1.807) is 24.4 Å². The van der Waals surface area contributed by atoms with Gasteiger partial charge in [0.05, 0.1) is 11.3 Å². The molecule has 0 saturated carbocycles. The van der Waals surface area contributed by atoms with Crippen molar-refractivity contribution in [2.24, 2.45) is 0 Å². The van der Waals surface area contributed by atoms with Crippen molar-refractivity contribution in [2.75, 3.05) is 0 Å². The number of nitrogens with zero attached hydrogens (tertiary/aromatic N) is 1. The van der Waals surface area contributed by atoms with Gasteiger partial charge >= 0.3 is 5.97 Å². The van der Waals surface area contributed by atoms with Gasteiger partial charge in [0, 0.05) is 11.8 Å². The fourth-order valence-corrected chi connectivity index (χ4v) is 2.64. The molecule has 120 valence electrons. The van der Waals surface area contributed by atoms with Crippen molar-refractivity contribution in [3.05, 3.63) is 78.0 Å². The predicted octanol–water partition coefficient (Wildman–Crippen LogP) is 5.24. The van der Waals surface area contributed by atoms with Crippen LogP contribution >= 0.6 is 0 Å². The second-order valence-corrected chi connectivity index (χ2v) is 6.09. The van der Waals surface area contributed by atoms with Gasteiger partial charge in [-0.1, -0.05) is 50.2 Å². The van der Waals surface area contributed by atoms with Crippen LogP contribution in [0.15, 0.2) is 66.9 Å². The van der Waals surface area contributed by atoms with Crippen LogP contribution in [0.4, 0.5) is 0 Å². The lowest BCUT2D eigenvalue weighted by Crippen LogP contribution is -1.96. The highest BCUT2D eigenvalue weighted by Gasteiger charge is 2.07. The molecule has 3 rings (SSSR count). The number of carboxylic acids is 1. The van der Waals surface area contributed by atoms with Crippen LogP contribution in [0.3, 0.4) is 0 Å². The number of benzene rings is 2. The first-order valence-electron chi connectivity index (χ1n) is 7.95. The monoisotopic (exact) mass is 317 g/mol. The molecule has 0 aliphatic rings. The molecule has 3 heteroatoms. The molecular formula is C21H19NO2. The summed E-state index contributed by atoms with van der Waals surface area (Å²) in [5, 5.41) is 9.15. The maximum atomic E-state index is 11.1. The minimum absolute atomic E-state index is 0.284. The molecule has 0 bridgehead atoms. The van der Waals surface area contributed by atoms with Crippen molar-refractivity contribution < 1.29 is 9.90 Å². The Bertz CT molecular complexity index is 867. The molecule has 1 aromatic heterocycles. The molecule has 0 saturated heterocycles. The van der Waals surface area contributed by atoms with Gasteiger partial charge < -0.3 is 5.11 Å². The first-order valence-corrected chi connectivity index (χ1v) is 7.95. The van der Waals surface area contributed by atoms with Crippen molar-refractivity contribution >= 4 is 5.97 Å². The van der Waals surface area contributed by atoms with Gasteiger partial charge in [-0.2, -0.15) is 0 Å². The maximum absolute atomic E-state index is 11.1. The van der Waals surface area contributed by atoms with E-state index in [9.17, 15) is 4.79 Å². The summed E-state index contributed by atoms with van der Waals surface area (Å²) >= 11 is 0. The molecule has 0 radical (unpaired) electrons. The van der Waals surface area contributed by atoms with Crippen LogP contribution in [0.5, 0.6) is 0 Å². The second-order valence-electron chi connectivity index (χ2n) is 6.09. The molecule has 0 spiro atoms. The van der Waals surface area contributed by atoms with E-state index in [-0.39, 0.29) is 5.56 Å². The normalized spacial score (nSPS) is 10.8. The minimum atomic E-state index is -0.921. The molecule has 0 amide bonds.